The van der Waals surface area contributed by atoms with Crippen molar-refractivity contribution in [1.29, 1.82) is 0 Å². The van der Waals surface area contributed by atoms with Gasteiger partial charge in [0.25, 0.3) is 0 Å². The predicted molar refractivity (Wildman–Crippen MR) is 104 cm³/mol. The highest BCUT2D eigenvalue weighted by atomic mass is 32.2. The number of methoxy groups -OCH3 is 1. The van der Waals surface area contributed by atoms with Crippen molar-refractivity contribution in [1.82, 2.24) is 4.31 Å². The first-order valence-electron chi connectivity index (χ1n) is 8.99. The van der Waals surface area contributed by atoms with E-state index in [-0.39, 0.29) is 29.3 Å². The maximum absolute atomic E-state index is 14.1. The molecule has 7 nitrogen and oxygen atoms in total. The number of benzene rings is 2. The smallest absolute Gasteiger partial charge is 0.341 e. The van der Waals surface area contributed by atoms with Crippen LogP contribution < -0.4 is 4.74 Å². The van der Waals surface area contributed by atoms with Crippen LogP contribution in [0.4, 0.5) is 8.78 Å². The molecular weight excluding hydrogens is 420 g/mol. The zero-order valence-electron chi connectivity index (χ0n) is 16.6. The van der Waals surface area contributed by atoms with Gasteiger partial charge in [-0.15, -0.1) is 0 Å². The van der Waals surface area contributed by atoms with Crippen LogP contribution in [0.1, 0.15) is 34.6 Å². The van der Waals surface area contributed by atoms with Crippen molar-refractivity contribution < 1.29 is 36.3 Å². The predicted octanol–water partition coefficient (Wildman–Crippen LogP) is 3.04. The maximum atomic E-state index is 14.1. The number of halogens is 2. The summed E-state index contributed by atoms with van der Waals surface area (Å²) < 4.78 is 63.7. The molecule has 0 unspecified atom stereocenters. The van der Waals surface area contributed by atoms with E-state index in [1.807, 2.05) is 0 Å². The molecule has 0 saturated heterocycles. The third kappa shape index (κ3) is 5.00. The zero-order chi connectivity index (χ0) is 22.5. The molecule has 0 aliphatic carbocycles. The molecule has 0 aliphatic rings. The molecule has 10 heteroatoms. The van der Waals surface area contributed by atoms with Gasteiger partial charge in [0.15, 0.2) is 6.61 Å². The van der Waals surface area contributed by atoms with E-state index < -0.39 is 45.6 Å². The number of carbonyl (C=O) groups excluding carboxylic acids is 2. The van der Waals surface area contributed by atoms with E-state index in [9.17, 15) is 26.8 Å². The lowest BCUT2D eigenvalue weighted by Crippen LogP contribution is -2.30. The summed E-state index contributed by atoms with van der Waals surface area (Å²) in [7, 11) is -2.64. The molecule has 0 fully saturated rings. The minimum absolute atomic E-state index is 0.0796. The molecule has 0 radical (unpaired) electrons. The van der Waals surface area contributed by atoms with Gasteiger partial charge in [0.1, 0.15) is 17.4 Å². The van der Waals surface area contributed by atoms with E-state index in [2.05, 4.69) is 0 Å². The first-order valence-corrected chi connectivity index (χ1v) is 10.4. The Morgan fingerprint density at radius 1 is 1.00 bits per heavy atom. The lowest BCUT2D eigenvalue weighted by Gasteiger charge is -2.18. The fourth-order valence-corrected chi connectivity index (χ4v) is 4.20. The van der Waals surface area contributed by atoms with E-state index in [1.54, 1.807) is 13.8 Å². The van der Waals surface area contributed by atoms with E-state index in [4.69, 9.17) is 9.47 Å². The number of Topliss-reactive ketones (excluding diaryl/α,β-unsaturated/α-hetero) is 1. The van der Waals surface area contributed by atoms with Crippen molar-refractivity contribution in [2.45, 2.75) is 18.7 Å². The van der Waals surface area contributed by atoms with Crippen LogP contribution in [0.15, 0.2) is 41.3 Å². The number of nitrogens with zero attached hydrogens (tertiary/aromatic N) is 1. The lowest BCUT2D eigenvalue weighted by atomic mass is 10.1. The van der Waals surface area contributed by atoms with E-state index in [1.165, 1.54) is 13.2 Å². The summed E-state index contributed by atoms with van der Waals surface area (Å²) in [4.78, 5) is 24.3. The summed E-state index contributed by atoms with van der Waals surface area (Å²) in [6.45, 7) is 2.86. The summed E-state index contributed by atoms with van der Waals surface area (Å²) in [5, 5.41) is 0. The Morgan fingerprint density at radius 3 is 2.27 bits per heavy atom. The number of sulfonamides is 1. The average molecular weight is 441 g/mol. The van der Waals surface area contributed by atoms with Gasteiger partial charge < -0.3 is 9.47 Å². The number of hydrogen-bond acceptors (Lipinski definition) is 6. The molecule has 0 amide bonds. The van der Waals surface area contributed by atoms with Crippen molar-refractivity contribution >= 4 is 21.8 Å². The maximum Gasteiger partial charge on any atom is 0.341 e. The van der Waals surface area contributed by atoms with Crippen molar-refractivity contribution in [2.24, 2.45) is 0 Å². The van der Waals surface area contributed by atoms with Crippen molar-refractivity contribution in [3.05, 3.63) is 59.2 Å². The van der Waals surface area contributed by atoms with Crippen LogP contribution in [-0.2, 0) is 14.8 Å². The highest BCUT2D eigenvalue weighted by molar-refractivity contribution is 7.89. The summed E-state index contributed by atoms with van der Waals surface area (Å²) in [5.41, 5.74) is -0.786. The van der Waals surface area contributed by atoms with Crippen LogP contribution in [0.5, 0.6) is 5.75 Å². The number of esters is 1. The standard InChI is InChI=1S/C20H21F2NO6S/c1-4-23(5-2)30(26,27)14-7-8-17(22)15(11-14)20(25)29-12-18(24)16-10-13(21)6-9-19(16)28-3/h6-11H,4-5,12H2,1-3H3. The Balaban J connectivity index is 2.24. The molecule has 0 aromatic heterocycles. The molecule has 0 N–H and O–H groups in total. The van der Waals surface area contributed by atoms with Gasteiger partial charge in [0.05, 0.1) is 23.1 Å². The topological polar surface area (TPSA) is 90.0 Å². The number of ether oxygens (including phenoxy) is 2. The van der Waals surface area contributed by atoms with E-state index in [0.717, 1.165) is 34.6 Å². The second-order valence-corrected chi connectivity index (χ2v) is 8.01. The van der Waals surface area contributed by atoms with Gasteiger partial charge >= 0.3 is 5.97 Å². The number of ketones is 1. The normalized spacial score (nSPS) is 11.4. The number of carbonyl (C=O) groups is 2. The summed E-state index contributed by atoms with van der Waals surface area (Å²) in [6.07, 6.45) is 0. The Kier molecular flexibility index (Phi) is 7.63. The highest BCUT2D eigenvalue weighted by Gasteiger charge is 2.25. The van der Waals surface area contributed by atoms with Crippen LogP contribution in [0.2, 0.25) is 0 Å². The van der Waals surface area contributed by atoms with Crippen LogP contribution >= 0.6 is 0 Å². The van der Waals surface area contributed by atoms with Crippen molar-refractivity contribution in [3.8, 4) is 5.75 Å². The van der Waals surface area contributed by atoms with E-state index in [0.29, 0.717) is 0 Å². The van der Waals surface area contributed by atoms with Crippen molar-refractivity contribution in [2.75, 3.05) is 26.8 Å². The molecule has 2 aromatic carbocycles. The number of hydrogen-bond donors (Lipinski definition) is 0. The average Bonchev–Trinajstić information content (AvgIpc) is 2.72. The van der Waals surface area contributed by atoms with Crippen LogP contribution in [0, 0.1) is 11.6 Å². The summed E-state index contributed by atoms with van der Waals surface area (Å²) >= 11 is 0. The van der Waals surface area contributed by atoms with Gasteiger partial charge in [-0.2, -0.15) is 4.31 Å². The SMILES string of the molecule is CCN(CC)S(=O)(=O)c1ccc(F)c(C(=O)OCC(=O)c2cc(F)ccc2OC)c1. The van der Waals surface area contributed by atoms with Crippen molar-refractivity contribution in [3.63, 3.8) is 0 Å². The fraction of sp³-hybridized carbons (Fsp3) is 0.300. The molecule has 0 atom stereocenters. The summed E-state index contributed by atoms with van der Waals surface area (Å²) in [6, 6.07) is 6.00. The Labute approximate surface area is 173 Å². The highest BCUT2D eigenvalue weighted by Crippen LogP contribution is 2.22. The first kappa shape index (κ1) is 23.4. The Morgan fingerprint density at radius 2 is 1.67 bits per heavy atom. The second-order valence-electron chi connectivity index (χ2n) is 6.07. The van der Waals surface area contributed by atoms with Gasteiger partial charge in [-0.1, -0.05) is 13.8 Å². The van der Waals surface area contributed by atoms with Gasteiger partial charge in [-0.05, 0) is 36.4 Å². The number of rotatable bonds is 9. The molecule has 0 spiro atoms. The fourth-order valence-electron chi connectivity index (χ4n) is 2.72. The Hall–Kier alpha value is -2.85. The quantitative estimate of drug-likeness (QED) is 0.439. The Bertz CT molecular complexity index is 1050. The monoisotopic (exact) mass is 441 g/mol. The summed E-state index contributed by atoms with van der Waals surface area (Å²) in [5.74, 6) is -3.61. The molecule has 0 saturated carbocycles. The minimum Gasteiger partial charge on any atom is -0.496 e. The largest absolute Gasteiger partial charge is 0.496 e. The first-order chi connectivity index (χ1) is 14.1. The lowest BCUT2D eigenvalue weighted by molar-refractivity contribution is 0.0469. The van der Waals surface area contributed by atoms with Gasteiger partial charge in [-0.3, -0.25) is 4.79 Å². The molecule has 0 aliphatic heterocycles. The molecular formula is C20H21F2NO6S. The third-order valence-corrected chi connectivity index (χ3v) is 6.34. The minimum atomic E-state index is -3.93. The molecule has 162 valence electrons. The van der Waals surface area contributed by atoms with Gasteiger partial charge in [-0.25, -0.2) is 22.0 Å². The molecule has 2 aromatic rings. The van der Waals surface area contributed by atoms with Gasteiger partial charge in [0, 0.05) is 13.1 Å². The van der Waals surface area contributed by atoms with Crippen LogP contribution in [0.3, 0.4) is 0 Å². The van der Waals surface area contributed by atoms with Gasteiger partial charge in [0.2, 0.25) is 15.8 Å². The molecule has 2 rings (SSSR count). The van der Waals surface area contributed by atoms with Crippen LogP contribution in [-0.4, -0.2) is 51.3 Å². The van der Waals surface area contributed by atoms with E-state index >= 15 is 0 Å². The molecule has 0 bridgehead atoms. The van der Waals surface area contributed by atoms with Crippen LogP contribution in [0.25, 0.3) is 0 Å². The molecule has 30 heavy (non-hydrogen) atoms. The molecule has 0 heterocycles. The second kappa shape index (κ2) is 9.77. The zero-order valence-corrected chi connectivity index (χ0v) is 17.5. The third-order valence-electron chi connectivity index (χ3n) is 4.30.